The highest BCUT2D eigenvalue weighted by molar-refractivity contribution is 6.12. The van der Waals surface area contributed by atoms with Crippen LogP contribution < -0.4 is 26.6 Å². The first kappa shape index (κ1) is 38.7. The third-order valence-corrected chi connectivity index (χ3v) is 8.16. The van der Waals surface area contributed by atoms with Gasteiger partial charge in [-0.2, -0.15) is 0 Å². The number of amides is 7. The minimum atomic E-state index is -1.03. The maximum absolute atomic E-state index is 13.1. The molecule has 1 atom stereocenters. The molecule has 0 fully saturated rings. The van der Waals surface area contributed by atoms with Gasteiger partial charge in [-0.15, -0.1) is 0 Å². The van der Waals surface area contributed by atoms with Crippen LogP contribution in [0, 0.1) is 6.92 Å². The van der Waals surface area contributed by atoms with Gasteiger partial charge in [0.25, 0.3) is 11.8 Å². The van der Waals surface area contributed by atoms with Gasteiger partial charge in [0, 0.05) is 37.2 Å². The zero-order valence-electron chi connectivity index (χ0n) is 29.1. The molecule has 7 amide bonds. The van der Waals surface area contributed by atoms with E-state index in [9.17, 15) is 33.6 Å². The number of imide groups is 1. The maximum Gasteiger partial charge on any atom is 0.253 e. The number of carbonyl (C=O) groups excluding carboxylic acids is 7. The lowest BCUT2D eigenvalue weighted by Crippen LogP contribution is -2.52. The number of nitrogens with one attached hydrogen (secondary N) is 5. The highest BCUT2D eigenvalue weighted by atomic mass is 16.2. The first-order valence-electron chi connectivity index (χ1n) is 17.2. The van der Waals surface area contributed by atoms with E-state index >= 15 is 0 Å². The van der Waals surface area contributed by atoms with Gasteiger partial charge in [0.05, 0.1) is 19.6 Å². The number of anilines is 1. The van der Waals surface area contributed by atoms with Crippen LogP contribution in [0.4, 0.5) is 5.69 Å². The van der Waals surface area contributed by atoms with E-state index in [4.69, 9.17) is 0 Å². The van der Waals surface area contributed by atoms with E-state index in [1.165, 1.54) is 23.3 Å². The SMILES string of the molecule is Cc1cccc(Cc2ccc(NC(=O)CNC(=O)[C@H](Cc3ccccc3)NC(=O)CNC(=O)CNC(=O)CCCCCN3C(=O)C=CC3=O)cc2)c1. The van der Waals surface area contributed by atoms with Crippen molar-refractivity contribution in [1.29, 1.82) is 0 Å². The van der Waals surface area contributed by atoms with E-state index in [1.807, 2.05) is 37.3 Å². The van der Waals surface area contributed by atoms with E-state index in [0.29, 0.717) is 24.9 Å². The van der Waals surface area contributed by atoms with Crippen LogP contribution in [0.2, 0.25) is 0 Å². The standard InChI is InChI=1S/C39H44N6O7/c1-27-9-8-12-30(21-27)22-29-14-16-31(17-15-29)43-35(48)26-42-39(52)32(23-28-10-4-2-5-11-28)44-36(49)25-41-34(47)24-40-33(46)13-6-3-7-20-45-37(50)18-19-38(45)51/h2,4-5,8-12,14-19,21,32H,3,6-7,13,20,22-26H2,1H3,(H,40,46)(H,41,47)(H,42,52)(H,43,48)(H,44,49)/t32-/m0/s1. The lowest BCUT2D eigenvalue weighted by atomic mass is 10.0. The van der Waals surface area contributed by atoms with Crippen molar-refractivity contribution in [2.45, 2.75) is 51.5 Å². The molecule has 1 aliphatic heterocycles. The molecule has 13 heteroatoms. The Morgan fingerprint density at radius 2 is 1.29 bits per heavy atom. The van der Waals surface area contributed by atoms with E-state index in [-0.39, 0.29) is 50.2 Å². The number of benzene rings is 3. The summed E-state index contributed by atoms with van der Waals surface area (Å²) in [7, 11) is 0. The highest BCUT2D eigenvalue weighted by Crippen LogP contribution is 2.15. The third kappa shape index (κ3) is 13.3. The fraction of sp³-hybridized carbons (Fsp3) is 0.308. The zero-order chi connectivity index (χ0) is 37.3. The first-order valence-corrected chi connectivity index (χ1v) is 17.2. The molecular formula is C39H44N6O7. The van der Waals surface area contributed by atoms with E-state index < -0.39 is 36.2 Å². The fourth-order valence-corrected chi connectivity index (χ4v) is 5.46. The average molecular weight is 709 g/mol. The third-order valence-electron chi connectivity index (χ3n) is 8.16. The predicted octanol–water partition coefficient (Wildman–Crippen LogP) is 2.09. The lowest BCUT2D eigenvalue weighted by Gasteiger charge is -2.19. The first-order chi connectivity index (χ1) is 25.0. The molecular weight excluding hydrogens is 664 g/mol. The van der Waals surface area contributed by atoms with E-state index in [0.717, 1.165) is 22.4 Å². The van der Waals surface area contributed by atoms with Gasteiger partial charge in [-0.25, -0.2) is 0 Å². The maximum atomic E-state index is 13.1. The Morgan fingerprint density at radius 1 is 0.635 bits per heavy atom. The molecule has 0 aromatic heterocycles. The van der Waals surface area contributed by atoms with Crippen molar-refractivity contribution in [2.24, 2.45) is 0 Å². The molecule has 0 unspecified atom stereocenters. The Hall–Kier alpha value is -6.11. The molecule has 0 saturated heterocycles. The molecule has 1 heterocycles. The smallest absolute Gasteiger partial charge is 0.253 e. The fourth-order valence-electron chi connectivity index (χ4n) is 5.46. The van der Waals surface area contributed by atoms with Crippen LogP contribution in [0.1, 0.15) is 47.9 Å². The molecule has 0 spiro atoms. The van der Waals surface area contributed by atoms with Crippen LogP contribution >= 0.6 is 0 Å². The van der Waals surface area contributed by atoms with Gasteiger partial charge in [0.2, 0.25) is 29.5 Å². The number of unbranched alkanes of at least 4 members (excludes halogenated alkanes) is 2. The molecule has 0 bridgehead atoms. The van der Waals surface area contributed by atoms with Crippen LogP contribution in [0.3, 0.4) is 0 Å². The monoisotopic (exact) mass is 708 g/mol. The number of hydrogen-bond acceptors (Lipinski definition) is 7. The Labute approximate surface area is 302 Å². The van der Waals surface area contributed by atoms with Crippen molar-refractivity contribution < 1.29 is 33.6 Å². The molecule has 0 radical (unpaired) electrons. The molecule has 13 nitrogen and oxygen atoms in total. The molecule has 5 N–H and O–H groups in total. The summed E-state index contributed by atoms with van der Waals surface area (Å²) in [5.74, 6) is -3.27. The van der Waals surface area contributed by atoms with Gasteiger partial charge in [0.15, 0.2) is 0 Å². The summed E-state index contributed by atoms with van der Waals surface area (Å²) in [6, 6.07) is 23.7. The van der Waals surface area contributed by atoms with Gasteiger partial charge >= 0.3 is 0 Å². The molecule has 1 aliphatic rings. The number of carbonyl (C=O) groups is 7. The van der Waals surface area contributed by atoms with Crippen molar-refractivity contribution in [2.75, 3.05) is 31.5 Å². The van der Waals surface area contributed by atoms with Gasteiger partial charge < -0.3 is 26.6 Å². The zero-order valence-corrected chi connectivity index (χ0v) is 29.1. The van der Waals surface area contributed by atoms with Crippen molar-refractivity contribution in [3.05, 3.63) is 113 Å². The summed E-state index contributed by atoms with van der Waals surface area (Å²) < 4.78 is 0. The average Bonchev–Trinajstić information content (AvgIpc) is 3.45. The molecule has 3 aromatic rings. The van der Waals surface area contributed by atoms with Crippen LogP contribution in [0.5, 0.6) is 0 Å². The quantitative estimate of drug-likeness (QED) is 0.0934. The van der Waals surface area contributed by atoms with Crippen LogP contribution in [-0.2, 0) is 46.4 Å². The minimum Gasteiger partial charge on any atom is -0.347 e. The van der Waals surface area contributed by atoms with Gasteiger partial charge in [-0.05, 0) is 55.0 Å². The Balaban J connectivity index is 1.16. The van der Waals surface area contributed by atoms with Gasteiger partial charge in [-0.3, -0.25) is 38.5 Å². The van der Waals surface area contributed by atoms with Crippen LogP contribution in [0.25, 0.3) is 0 Å². The molecule has 4 rings (SSSR count). The second-order valence-corrected chi connectivity index (χ2v) is 12.5. The molecule has 0 aliphatic carbocycles. The Bertz CT molecular complexity index is 1760. The molecule has 3 aromatic carbocycles. The van der Waals surface area contributed by atoms with Crippen molar-refractivity contribution in [3.8, 4) is 0 Å². The number of aryl methyl sites for hydroxylation is 1. The van der Waals surface area contributed by atoms with Crippen LogP contribution in [-0.4, -0.2) is 78.5 Å². The largest absolute Gasteiger partial charge is 0.347 e. The summed E-state index contributed by atoms with van der Waals surface area (Å²) in [6.45, 7) is 1.23. The number of hydrogen-bond donors (Lipinski definition) is 5. The number of rotatable bonds is 19. The topological polar surface area (TPSA) is 183 Å². The molecule has 0 saturated carbocycles. The predicted molar refractivity (Wildman–Crippen MR) is 194 cm³/mol. The molecule has 272 valence electrons. The summed E-state index contributed by atoms with van der Waals surface area (Å²) in [5.41, 5.74) is 4.83. The Morgan fingerprint density at radius 3 is 2.00 bits per heavy atom. The van der Waals surface area contributed by atoms with Gasteiger partial charge in [-0.1, -0.05) is 78.7 Å². The van der Waals surface area contributed by atoms with Crippen LogP contribution in [0.15, 0.2) is 91.0 Å². The molecule has 52 heavy (non-hydrogen) atoms. The van der Waals surface area contributed by atoms with Crippen molar-refractivity contribution in [3.63, 3.8) is 0 Å². The summed E-state index contributed by atoms with van der Waals surface area (Å²) >= 11 is 0. The Kier molecular flexibility index (Phi) is 14.8. The summed E-state index contributed by atoms with van der Waals surface area (Å²) in [4.78, 5) is 87.2. The minimum absolute atomic E-state index is 0.147. The second-order valence-electron chi connectivity index (χ2n) is 12.5. The summed E-state index contributed by atoms with van der Waals surface area (Å²) in [5, 5.41) is 12.9. The van der Waals surface area contributed by atoms with Crippen molar-refractivity contribution in [1.82, 2.24) is 26.2 Å². The van der Waals surface area contributed by atoms with Gasteiger partial charge in [0.1, 0.15) is 6.04 Å². The van der Waals surface area contributed by atoms with Crippen molar-refractivity contribution >= 4 is 47.0 Å². The normalized spacial score (nSPS) is 12.6. The van der Waals surface area contributed by atoms with E-state index in [2.05, 4.69) is 38.7 Å². The lowest BCUT2D eigenvalue weighted by molar-refractivity contribution is -0.137. The summed E-state index contributed by atoms with van der Waals surface area (Å²) in [6.07, 6.45) is 5.19. The highest BCUT2D eigenvalue weighted by Gasteiger charge is 2.23. The number of nitrogens with zero attached hydrogens (tertiary/aromatic N) is 1. The second kappa shape index (κ2) is 19.9. The van der Waals surface area contributed by atoms with E-state index in [1.54, 1.807) is 36.4 Å².